The molecule has 1 aliphatic heterocycles. The number of aromatic nitrogens is 2. The maximum Gasteiger partial charge on any atom is 0.305 e. The summed E-state index contributed by atoms with van der Waals surface area (Å²) in [4.78, 5) is 25.4. The Morgan fingerprint density at radius 2 is 2.04 bits per heavy atom. The molecule has 1 amide bonds. The van der Waals surface area contributed by atoms with E-state index >= 15 is 0 Å². The number of aliphatic carboxylic acids is 1. The van der Waals surface area contributed by atoms with Crippen LogP contribution in [-0.2, 0) is 20.9 Å². The van der Waals surface area contributed by atoms with E-state index in [4.69, 9.17) is 9.84 Å². The number of hydrogen-bond donors (Lipinski definition) is 1. The van der Waals surface area contributed by atoms with E-state index in [1.807, 2.05) is 24.3 Å². The van der Waals surface area contributed by atoms with E-state index in [-0.39, 0.29) is 31.5 Å². The monoisotopic (exact) mass is 331 g/mol. The highest BCUT2D eigenvalue weighted by atomic mass is 16.5. The Morgan fingerprint density at radius 3 is 2.79 bits per heavy atom. The van der Waals surface area contributed by atoms with Crippen molar-refractivity contribution in [2.45, 2.75) is 31.8 Å². The summed E-state index contributed by atoms with van der Waals surface area (Å²) in [6.45, 7) is 1.54. The molecule has 1 saturated heterocycles. The molecule has 2 heterocycles. The first-order valence-corrected chi connectivity index (χ1v) is 8.14. The van der Waals surface area contributed by atoms with E-state index in [0.29, 0.717) is 13.2 Å². The molecular weight excluding hydrogens is 310 g/mol. The minimum Gasteiger partial charge on any atom is -0.481 e. The van der Waals surface area contributed by atoms with Gasteiger partial charge in [-0.3, -0.25) is 14.3 Å². The van der Waals surface area contributed by atoms with Crippen molar-refractivity contribution in [1.82, 2.24) is 14.7 Å². The molecule has 1 aliphatic rings. The van der Waals surface area contributed by atoms with Crippen molar-refractivity contribution < 1.29 is 19.4 Å². The Labute approximate surface area is 139 Å². The summed E-state index contributed by atoms with van der Waals surface area (Å²) in [5.74, 6) is -0.999. The van der Waals surface area contributed by atoms with E-state index in [0.717, 1.165) is 23.7 Å². The van der Waals surface area contributed by atoms with Crippen LogP contribution in [0.5, 0.6) is 0 Å². The lowest BCUT2D eigenvalue weighted by Gasteiger charge is -2.34. The summed E-state index contributed by atoms with van der Waals surface area (Å²) in [5, 5.41) is 14.2. The molecule has 0 unspecified atom stereocenters. The summed E-state index contributed by atoms with van der Waals surface area (Å²) in [5.41, 5.74) is 0.899. The third-order valence-corrected chi connectivity index (χ3v) is 4.35. The number of carboxylic acids is 1. The fraction of sp³-hybridized carbons (Fsp3) is 0.471. The van der Waals surface area contributed by atoms with Crippen molar-refractivity contribution in [1.29, 1.82) is 0 Å². The predicted molar refractivity (Wildman–Crippen MR) is 87.5 cm³/mol. The number of hydrogen-bond acceptors (Lipinski definition) is 4. The molecule has 0 atom stereocenters. The number of carbonyl (C=O) groups is 2. The number of benzene rings is 1. The van der Waals surface area contributed by atoms with Crippen LogP contribution in [0.3, 0.4) is 0 Å². The Hall–Kier alpha value is -2.41. The number of ether oxygens (including phenoxy) is 1. The highest BCUT2D eigenvalue weighted by molar-refractivity contribution is 5.82. The highest BCUT2D eigenvalue weighted by Crippen LogP contribution is 2.17. The van der Waals surface area contributed by atoms with Crippen LogP contribution in [0.25, 0.3) is 10.9 Å². The van der Waals surface area contributed by atoms with E-state index in [1.54, 1.807) is 15.8 Å². The van der Waals surface area contributed by atoms with Gasteiger partial charge in [0.05, 0.1) is 18.1 Å². The smallest absolute Gasteiger partial charge is 0.305 e. The molecule has 0 bridgehead atoms. The highest BCUT2D eigenvalue weighted by Gasteiger charge is 2.26. The summed E-state index contributed by atoms with van der Waals surface area (Å²) >= 11 is 0. The molecule has 1 fully saturated rings. The molecule has 1 N–H and O–H groups in total. The molecule has 0 spiro atoms. The lowest BCUT2D eigenvalue weighted by Crippen LogP contribution is -2.45. The van der Waals surface area contributed by atoms with Gasteiger partial charge < -0.3 is 14.7 Å². The van der Waals surface area contributed by atoms with Crippen LogP contribution in [0.2, 0.25) is 0 Å². The van der Waals surface area contributed by atoms with Crippen LogP contribution in [0.15, 0.2) is 30.5 Å². The van der Waals surface area contributed by atoms with Gasteiger partial charge in [-0.25, -0.2) is 0 Å². The minimum atomic E-state index is -0.899. The van der Waals surface area contributed by atoms with Gasteiger partial charge in [0, 0.05) is 31.2 Å². The quantitative estimate of drug-likeness (QED) is 0.867. The van der Waals surface area contributed by atoms with Gasteiger partial charge in [-0.1, -0.05) is 18.2 Å². The van der Waals surface area contributed by atoms with Crippen LogP contribution in [0, 0.1) is 0 Å². The van der Waals surface area contributed by atoms with Crippen molar-refractivity contribution in [2.75, 3.05) is 19.8 Å². The van der Waals surface area contributed by atoms with Crippen LogP contribution in [-0.4, -0.2) is 57.5 Å². The molecule has 0 radical (unpaired) electrons. The van der Waals surface area contributed by atoms with Gasteiger partial charge in [0.15, 0.2) is 0 Å². The van der Waals surface area contributed by atoms with E-state index in [1.165, 1.54) is 0 Å². The Kier molecular flexibility index (Phi) is 5.10. The lowest BCUT2D eigenvalue weighted by atomic mass is 10.1. The average Bonchev–Trinajstić information content (AvgIpc) is 2.99. The van der Waals surface area contributed by atoms with Crippen LogP contribution < -0.4 is 0 Å². The Balaban J connectivity index is 1.75. The Bertz CT molecular complexity index is 721. The predicted octanol–water partition coefficient (Wildman–Crippen LogP) is 1.52. The maximum absolute atomic E-state index is 12.8. The normalized spacial score (nSPS) is 15.5. The molecule has 3 rings (SSSR count). The standard InChI is InChI=1S/C17H21N3O4/c21-16(12-20-15-4-2-1-3-13(15)11-18-20)19(8-5-17(22)23)14-6-9-24-10-7-14/h1-4,11,14H,5-10,12H2,(H,22,23). The Morgan fingerprint density at radius 1 is 1.29 bits per heavy atom. The van der Waals surface area contributed by atoms with Gasteiger partial charge in [-0.15, -0.1) is 0 Å². The lowest BCUT2D eigenvalue weighted by molar-refractivity contribution is -0.140. The van der Waals surface area contributed by atoms with Crippen molar-refractivity contribution in [3.05, 3.63) is 30.5 Å². The van der Waals surface area contributed by atoms with Crippen LogP contribution in [0.4, 0.5) is 0 Å². The van der Waals surface area contributed by atoms with Gasteiger partial charge in [-0.2, -0.15) is 5.10 Å². The second kappa shape index (κ2) is 7.44. The average molecular weight is 331 g/mol. The minimum absolute atomic E-state index is 0.0347. The fourth-order valence-electron chi connectivity index (χ4n) is 3.09. The van der Waals surface area contributed by atoms with Crippen LogP contribution >= 0.6 is 0 Å². The molecular formula is C17H21N3O4. The topological polar surface area (TPSA) is 84.7 Å². The number of para-hydroxylation sites is 1. The van der Waals surface area contributed by atoms with Crippen molar-refractivity contribution in [2.24, 2.45) is 0 Å². The number of amides is 1. The number of nitrogens with zero attached hydrogens (tertiary/aromatic N) is 3. The first kappa shape index (κ1) is 16.4. The fourth-order valence-corrected chi connectivity index (χ4v) is 3.09. The molecule has 2 aromatic rings. The molecule has 128 valence electrons. The molecule has 0 aliphatic carbocycles. The van der Waals surface area contributed by atoms with E-state index in [9.17, 15) is 9.59 Å². The summed E-state index contributed by atoms with van der Waals surface area (Å²) in [6.07, 6.45) is 3.16. The molecule has 7 heteroatoms. The molecule has 1 aromatic heterocycles. The van der Waals surface area contributed by atoms with Crippen molar-refractivity contribution in [3.8, 4) is 0 Å². The first-order valence-electron chi connectivity index (χ1n) is 8.14. The third kappa shape index (κ3) is 3.73. The molecule has 7 nitrogen and oxygen atoms in total. The second-order valence-electron chi connectivity index (χ2n) is 5.94. The molecule has 0 saturated carbocycles. The van der Waals surface area contributed by atoms with Crippen molar-refractivity contribution in [3.63, 3.8) is 0 Å². The number of fused-ring (bicyclic) bond motifs is 1. The van der Waals surface area contributed by atoms with Crippen LogP contribution in [0.1, 0.15) is 19.3 Å². The zero-order valence-electron chi connectivity index (χ0n) is 13.4. The summed E-state index contributed by atoms with van der Waals surface area (Å²) in [7, 11) is 0. The first-order chi connectivity index (χ1) is 11.6. The summed E-state index contributed by atoms with van der Waals surface area (Å²) in [6, 6.07) is 7.74. The van der Waals surface area contributed by atoms with Crippen molar-refractivity contribution >= 4 is 22.8 Å². The summed E-state index contributed by atoms with van der Waals surface area (Å²) < 4.78 is 7.02. The van der Waals surface area contributed by atoms with Gasteiger partial charge >= 0.3 is 5.97 Å². The largest absolute Gasteiger partial charge is 0.481 e. The zero-order chi connectivity index (χ0) is 16.9. The second-order valence-corrected chi connectivity index (χ2v) is 5.94. The van der Waals surface area contributed by atoms with E-state index in [2.05, 4.69) is 5.10 Å². The van der Waals surface area contributed by atoms with E-state index < -0.39 is 5.97 Å². The van der Waals surface area contributed by atoms with Gasteiger partial charge in [0.2, 0.25) is 5.91 Å². The van der Waals surface area contributed by atoms with Gasteiger partial charge in [0.1, 0.15) is 6.54 Å². The number of carboxylic acid groups (broad SMARTS) is 1. The zero-order valence-corrected chi connectivity index (χ0v) is 13.4. The van der Waals surface area contributed by atoms with Gasteiger partial charge in [-0.05, 0) is 18.9 Å². The maximum atomic E-state index is 12.8. The number of rotatable bonds is 6. The van der Waals surface area contributed by atoms with Gasteiger partial charge in [0.25, 0.3) is 0 Å². The SMILES string of the molecule is O=C(O)CCN(C(=O)Cn1ncc2ccccc21)C1CCOCC1. The number of carbonyl (C=O) groups excluding carboxylic acids is 1. The molecule has 1 aromatic carbocycles. The molecule has 24 heavy (non-hydrogen) atoms. The third-order valence-electron chi connectivity index (χ3n) is 4.35.